The second kappa shape index (κ2) is 6.94. The van der Waals surface area contributed by atoms with Gasteiger partial charge in [0.2, 0.25) is 0 Å². The Morgan fingerprint density at radius 1 is 1.53 bits per heavy atom. The number of methoxy groups -OCH3 is 1. The van der Waals surface area contributed by atoms with Crippen LogP contribution in [0.1, 0.15) is 23.2 Å². The summed E-state index contributed by atoms with van der Waals surface area (Å²) in [4.78, 5) is 28.3. The minimum absolute atomic E-state index is 0.209. The van der Waals surface area contributed by atoms with E-state index in [9.17, 15) is 9.59 Å². The molecule has 0 atom stereocenters. The zero-order valence-electron chi connectivity index (χ0n) is 10.9. The number of halogens is 1. The van der Waals surface area contributed by atoms with Gasteiger partial charge >= 0.3 is 5.97 Å². The van der Waals surface area contributed by atoms with E-state index >= 15 is 0 Å². The van der Waals surface area contributed by atoms with Gasteiger partial charge in [-0.15, -0.1) is 0 Å². The molecule has 7 heteroatoms. The molecule has 1 aromatic heterocycles. The Balaban J connectivity index is 2.61. The molecule has 0 aliphatic rings. The van der Waals surface area contributed by atoms with Gasteiger partial charge in [0.15, 0.2) is 0 Å². The Hall–Kier alpha value is -1.82. The number of carbonyl (C=O) groups is 2. The van der Waals surface area contributed by atoms with Gasteiger partial charge in [0.25, 0.3) is 5.91 Å². The van der Waals surface area contributed by atoms with E-state index in [1.165, 1.54) is 24.3 Å². The van der Waals surface area contributed by atoms with Crippen LogP contribution in [0, 0.1) is 0 Å². The third-order valence-corrected chi connectivity index (χ3v) is 2.79. The van der Waals surface area contributed by atoms with Crippen LogP contribution in [0.5, 0.6) is 0 Å². The number of rotatable bonds is 5. The van der Waals surface area contributed by atoms with Crippen LogP contribution in [0.4, 0.5) is 5.69 Å². The maximum Gasteiger partial charge on any atom is 0.305 e. The molecule has 0 saturated carbocycles. The minimum atomic E-state index is -0.299. The molecule has 0 spiro atoms. The second-order valence-electron chi connectivity index (χ2n) is 4.00. The quantitative estimate of drug-likeness (QED) is 0.652. The first-order valence-corrected chi connectivity index (χ1v) is 6.06. The number of hydrogen-bond acceptors (Lipinski definition) is 5. The Labute approximate surface area is 116 Å². The van der Waals surface area contributed by atoms with Crippen molar-refractivity contribution in [1.82, 2.24) is 9.88 Å². The standard InChI is InChI=1S/C12H16ClN3O3/c1-16(5-3-4-11(17)19-2)12(18)8-6-10(13)15-7-9(8)14/h6-7H,3-5,14H2,1-2H3. The van der Waals surface area contributed by atoms with Gasteiger partial charge in [-0.2, -0.15) is 0 Å². The molecule has 1 aromatic rings. The van der Waals surface area contributed by atoms with Gasteiger partial charge in [-0.05, 0) is 12.5 Å². The topological polar surface area (TPSA) is 85.5 Å². The molecule has 0 aliphatic carbocycles. The normalized spacial score (nSPS) is 10.1. The molecule has 0 aliphatic heterocycles. The molecular weight excluding hydrogens is 270 g/mol. The lowest BCUT2D eigenvalue weighted by molar-refractivity contribution is -0.140. The number of esters is 1. The van der Waals surface area contributed by atoms with E-state index in [1.807, 2.05) is 0 Å². The largest absolute Gasteiger partial charge is 0.469 e. The van der Waals surface area contributed by atoms with Gasteiger partial charge in [-0.3, -0.25) is 9.59 Å². The molecule has 19 heavy (non-hydrogen) atoms. The Kier molecular flexibility index (Phi) is 5.57. The monoisotopic (exact) mass is 285 g/mol. The first-order valence-electron chi connectivity index (χ1n) is 5.69. The van der Waals surface area contributed by atoms with Crippen LogP contribution in [-0.4, -0.2) is 42.5 Å². The van der Waals surface area contributed by atoms with Crippen LogP contribution in [-0.2, 0) is 9.53 Å². The highest BCUT2D eigenvalue weighted by molar-refractivity contribution is 6.29. The lowest BCUT2D eigenvalue weighted by atomic mass is 10.2. The van der Waals surface area contributed by atoms with Crippen molar-refractivity contribution in [3.05, 3.63) is 23.0 Å². The molecule has 0 saturated heterocycles. The number of pyridine rings is 1. The zero-order chi connectivity index (χ0) is 14.4. The molecule has 0 radical (unpaired) electrons. The highest BCUT2D eigenvalue weighted by Crippen LogP contribution is 2.16. The van der Waals surface area contributed by atoms with E-state index in [0.29, 0.717) is 18.5 Å². The molecule has 0 unspecified atom stereocenters. The molecule has 1 amide bonds. The average Bonchev–Trinajstić information content (AvgIpc) is 2.40. The van der Waals surface area contributed by atoms with Gasteiger partial charge in [-0.25, -0.2) is 4.98 Å². The lowest BCUT2D eigenvalue weighted by Crippen LogP contribution is -2.29. The van der Waals surface area contributed by atoms with Gasteiger partial charge < -0.3 is 15.4 Å². The van der Waals surface area contributed by atoms with Crippen LogP contribution in [0.2, 0.25) is 5.15 Å². The Morgan fingerprint density at radius 3 is 2.84 bits per heavy atom. The Bertz CT molecular complexity index is 479. The molecule has 0 fully saturated rings. The summed E-state index contributed by atoms with van der Waals surface area (Å²) in [5, 5.41) is 0.209. The third-order valence-electron chi connectivity index (χ3n) is 2.58. The summed E-state index contributed by atoms with van der Waals surface area (Å²) in [7, 11) is 2.96. The number of anilines is 1. The second-order valence-corrected chi connectivity index (χ2v) is 4.39. The van der Waals surface area contributed by atoms with Crippen LogP contribution in [0.3, 0.4) is 0 Å². The van der Waals surface area contributed by atoms with E-state index in [1.54, 1.807) is 7.05 Å². The number of nitrogens with zero attached hydrogens (tertiary/aromatic N) is 2. The van der Waals surface area contributed by atoms with E-state index in [2.05, 4.69) is 9.72 Å². The summed E-state index contributed by atoms with van der Waals surface area (Å²) in [5.74, 6) is -0.556. The number of ether oxygens (including phenoxy) is 1. The first-order chi connectivity index (χ1) is 8.95. The molecule has 2 N–H and O–H groups in total. The fraction of sp³-hybridized carbons (Fsp3) is 0.417. The fourth-order valence-corrected chi connectivity index (χ4v) is 1.65. The highest BCUT2D eigenvalue weighted by Gasteiger charge is 2.15. The van der Waals surface area contributed by atoms with Gasteiger partial charge in [0.05, 0.1) is 24.6 Å². The Morgan fingerprint density at radius 2 is 2.21 bits per heavy atom. The van der Waals surface area contributed by atoms with Crippen LogP contribution in [0.25, 0.3) is 0 Å². The van der Waals surface area contributed by atoms with Crippen molar-refractivity contribution in [1.29, 1.82) is 0 Å². The van der Waals surface area contributed by atoms with E-state index < -0.39 is 0 Å². The van der Waals surface area contributed by atoms with Crippen molar-refractivity contribution in [2.45, 2.75) is 12.8 Å². The van der Waals surface area contributed by atoms with Gasteiger partial charge in [-0.1, -0.05) is 11.6 Å². The van der Waals surface area contributed by atoms with Crippen molar-refractivity contribution in [3.8, 4) is 0 Å². The van der Waals surface area contributed by atoms with Crippen molar-refractivity contribution < 1.29 is 14.3 Å². The number of carbonyl (C=O) groups excluding carboxylic acids is 2. The first kappa shape index (κ1) is 15.2. The lowest BCUT2D eigenvalue weighted by Gasteiger charge is -2.17. The summed E-state index contributed by atoms with van der Waals surface area (Å²) < 4.78 is 4.52. The number of hydrogen-bond donors (Lipinski definition) is 1. The van der Waals surface area contributed by atoms with Crippen molar-refractivity contribution in [3.63, 3.8) is 0 Å². The van der Waals surface area contributed by atoms with E-state index in [4.69, 9.17) is 17.3 Å². The number of nitrogen functional groups attached to an aromatic ring is 1. The molecule has 6 nitrogen and oxygen atoms in total. The predicted octanol–water partition coefficient (Wildman–Crippen LogP) is 1.34. The molecular formula is C12H16ClN3O3. The predicted molar refractivity (Wildman–Crippen MR) is 71.9 cm³/mol. The van der Waals surface area contributed by atoms with Crippen molar-refractivity contribution in [2.75, 3.05) is 26.4 Å². The summed E-state index contributed by atoms with van der Waals surface area (Å²) in [6.45, 7) is 0.424. The number of nitrogens with two attached hydrogens (primary N) is 1. The molecule has 1 heterocycles. The number of aromatic nitrogens is 1. The molecule has 104 valence electrons. The minimum Gasteiger partial charge on any atom is -0.469 e. The van der Waals surface area contributed by atoms with Crippen molar-refractivity contribution >= 4 is 29.2 Å². The van der Waals surface area contributed by atoms with Gasteiger partial charge in [0, 0.05) is 20.0 Å². The SMILES string of the molecule is COC(=O)CCCN(C)C(=O)c1cc(Cl)ncc1N. The van der Waals surface area contributed by atoms with Crippen LogP contribution >= 0.6 is 11.6 Å². The maximum atomic E-state index is 12.1. The number of amides is 1. The smallest absolute Gasteiger partial charge is 0.305 e. The average molecular weight is 286 g/mol. The van der Waals surface area contributed by atoms with Crippen LogP contribution < -0.4 is 5.73 Å². The zero-order valence-corrected chi connectivity index (χ0v) is 11.6. The maximum absolute atomic E-state index is 12.1. The summed E-state index contributed by atoms with van der Waals surface area (Å²) in [6.07, 6.45) is 2.13. The van der Waals surface area contributed by atoms with E-state index in [-0.39, 0.29) is 29.1 Å². The van der Waals surface area contributed by atoms with Crippen molar-refractivity contribution in [2.24, 2.45) is 0 Å². The summed E-state index contributed by atoms with van der Waals surface area (Å²) in [6, 6.07) is 1.43. The molecule has 0 aromatic carbocycles. The molecule has 0 bridgehead atoms. The summed E-state index contributed by atoms with van der Waals surface area (Å²) >= 11 is 5.73. The third kappa shape index (κ3) is 4.40. The fourth-order valence-electron chi connectivity index (χ4n) is 1.50. The van der Waals surface area contributed by atoms with Crippen LogP contribution in [0.15, 0.2) is 12.3 Å². The molecule has 1 rings (SSSR count). The summed E-state index contributed by atoms with van der Waals surface area (Å²) in [5.41, 5.74) is 6.26. The van der Waals surface area contributed by atoms with Gasteiger partial charge in [0.1, 0.15) is 5.15 Å². The highest BCUT2D eigenvalue weighted by atomic mass is 35.5. The van der Waals surface area contributed by atoms with E-state index in [0.717, 1.165) is 0 Å².